The highest BCUT2D eigenvalue weighted by atomic mass is 16.6. The molecule has 38 heavy (non-hydrogen) atoms. The first-order chi connectivity index (χ1) is 17.8. The monoisotopic (exact) mass is 532 g/mol. The summed E-state index contributed by atoms with van der Waals surface area (Å²) in [6.07, 6.45) is 2.63. The number of hydrogen-bond acceptors (Lipinski definition) is 7. The highest BCUT2D eigenvalue weighted by molar-refractivity contribution is 6.05. The topological polar surface area (TPSA) is 162 Å². The van der Waals surface area contributed by atoms with E-state index in [-0.39, 0.29) is 44.1 Å². The van der Waals surface area contributed by atoms with Gasteiger partial charge < -0.3 is 39.9 Å². The van der Waals surface area contributed by atoms with E-state index in [4.69, 9.17) is 9.47 Å². The zero-order valence-electron chi connectivity index (χ0n) is 22.6. The van der Waals surface area contributed by atoms with Crippen LogP contribution in [0.1, 0.15) is 61.5 Å². The maximum Gasteiger partial charge on any atom is 0.407 e. The molecule has 4 N–H and O–H groups in total. The molecule has 0 aromatic carbocycles. The summed E-state index contributed by atoms with van der Waals surface area (Å²) >= 11 is 0. The minimum atomic E-state index is -0.632. The number of carbonyl (C=O) groups is 5. The van der Waals surface area contributed by atoms with Gasteiger partial charge in [-0.25, -0.2) is 4.79 Å². The van der Waals surface area contributed by atoms with E-state index in [0.717, 1.165) is 0 Å². The zero-order valence-corrected chi connectivity index (χ0v) is 22.6. The number of amides is 4. The molecule has 0 saturated carbocycles. The molecule has 13 nitrogen and oxygen atoms in total. The predicted octanol–water partition coefficient (Wildman–Crippen LogP) is 2.15. The van der Waals surface area contributed by atoms with Crippen LogP contribution in [-0.4, -0.2) is 64.2 Å². The summed E-state index contributed by atoms with van der Waals surface area (Å²) in [4.78, 5) is 60.6. The Hall–Kier alpha value is -4.29. The molecule has 4 amide bonds. The first kappa shape index (κ1) is 29.9. The van der Waals surface area contributed by atoms with Crippen molar-refractivity contribution in [2.45, 2.75) is 46.1 Å². The third-order valence-corrected chi connectivity index (χ3v) is 4.96. The molecule has 0 aliphatic rings. The molecule has 0 radical (unpaired) electrons. The summed E-state index contributed by atoms with van der Waals surface area (Å²) in [6.45, 7) is 7.42. The van der Waals surface area contributed by atoms with E-state index in [1.165, 1.54) is 12.1 Å². The number of anilines is 2. The van der Waals surface area contributed by atoms with Gasteiger partial charge in [0.25, 0.3) is 11.8 Å². The lowest BCUT2D eigenvalue weighted by Gasteiger charge is -2.19. The Bertz CT molecular complexity index is 1180. The Labute approximate surface area is 221 Å². The van der Waals surface area contributed by atoms with Crippen molar-refractivity contribution >= 4 is 41.2 Å². The van der Waals surface area contributed by atoms with Crippen molar-refractivity contribution in [1.82, 2.24) is 19.8 Å². The minimum absolute atomic E-state index is 0.0182. The molecule has 0 aliphatic carbocycles. The molecule has 2 heterocycles. The van der Waals surface area contributed by atoms with Gasteiger partial charge in [-0.05, 0) is 39.8 Å². The van der Waals surface area contributed by atoms with Crippen molar-refractivity contribution in [3.8, 4) is 0 Å². The lowest BCUT2D eigenvalue weighted by Crippen LogP contribution is -2.34. The van der Waals surface area contributed by atoms with E-state index in [0.29, 0.717) is 17.1 Å². The second-order valence-corrected chi connectivity index (χ2v) is 9.44. The van der Waals surface area contributed by atoms with E-state index in [1.807, 2.05) is 0 Å². The SMILES string of the molecule is CCOC(=O)CCNC(=O)c1cc(NC(=O)c2cc(NC(=O)CCNC(=O)OC(C)(C)C)cn2C)cn1C. The fraction of sp³-hybridized carbons (Fsp3) is 0.480. The third kappa shape index (κ3) is 9.64. The fourth-order valence-electron chi connectivity index (χ4n) is 3.33. The van der Waals surface area contributed by atoms with E-state index in [2.05, 4.69) is 21.3 Å². The van der Waals surface area contributed by atoms with Gasteiger partial charge >= 0.3 is 12.1 Å². The quantitative estimate of drug-likeness (QED) is 0.322. The normalized spacial score (nSPS) is 10.9. The highest BCUT2D eigenvalue weighted by Gasteiger charge is 2.18. The Kier molecular flexibility index (Phi) is 10.5. The Morgan fingerprint density at radius 2 is 1.37 bits per heavy atom. The molecule has 0 fully saturated rings. The van der Waals surface area contributed by atoms with Crippen LogP contribution in [0.4, 0.5) is 16.2 Å². The number of esters is 1. The molecule has 0 bridgehead atoms. The second-order valence-electron chi connectivity index (χ2n) is 9.44. The molecule has 2 rings (SSSR count). The number of hydrogen-bond donors (Lipinski definition) is 4. The highest BCUT2D eigenvalue weighted by Crippen LogP contribution is 2.17. The number of rotatable bonds is 11. The lowest BCUT2D eigenvalue weighted by atomic mass is 10.2. The second kappa shape index (κ2) is 13.3. The van der Waals surface area contributed by atoms with Gasteiger partial charge in [0.2, 0.25) is 5.91 Å². The van der Waals surface area contributed by atoms with Crippen LogP contribution in [0.2, 0.25) is 0 Å². The van der Waals surface area contributed by atoms with E-state index >= 15 is 0 Å². The summed E-state index contributed by atoms with van der Waals surface area (Å²) in [5.41, 5.74) is 0.745. The number of aryl methyl sites for hydroxylation is 2. The first-order valence-corrected chi connectivity index (χ1v) is 12.1. The van der Waals surface area contributed by atoms with Gasteiger partial charge in [0.15, 0.2) is 0 Å². The van der Waals surface area contributed by atoms with E-state index in [1.54, 1.807) is 63.3 Å². The molecular formula is C25H36N6O7. The molecule has 13 heteroatoms. The Balaban J connectivity index is 1.89. The fourth-order valence-corrected chi connectivity index (χ4v) is 3.33. The van der Waals surface area contributed by atoms with Crippen LogP contribution in [-0.2, 0) is 33.2 Å². The van der Waals surface area contributed by atoms with Crippen molar-refractivity contribution in [2.24, 2.45) is 14.1 Å². The van der Waals surface area contributed by atoms with Crippen LogP contribution in [0.3, 0.4) is 0 Å². The smallest absolute Gasteiger partial charge is 0.407 e. The van der Waals surface area contributed by atoms with Crippen molar-refractivity contribution in [2.75, 3.05) is 30.3 Å². The number of nitrogens with one attached hydrogen (secondary N) is 4. The van der Waals surface area contributed by atoms with Crippen LogP contribution in [0.15, 0.2) is 24.5 Å². The largest absolute Gasteiger partial charge is 0.466 e. The molecule has 208 valence electrons. The average Bonchev–Trinajstić information content (AvgIpc) is 3.34. The summed E-state index contributed by atoms with van der Waals surface area (Å²) in [7, 11) is 3.31. The number of alkyl carbamates (subject to hydrolysis) is 1. The van der Waals surface area contributed by atoms with Gasteiger partial charge in [-0.2, -0.15) is 0 Å². The van der Waals surface area contributed by atoms with Crippen LogP contribution >= 0.6 is 0 Å². The van der Waals surface area contributed by atoms with Crippen molar-refractivity contribution in [3.05, 3.63) is 35.9 Å². The number of nitrogens with zero attached hydrogens (tertiary/aromatic N) is 2. The van der Waals surface area contributed by atoms with Gasteiger partial charge in [-0.1, -0.05) is 0 Å². The van der Waals surface area contributed by atoms with Crippen molar-refractivity contribution < 1.29 is 33.4 Å². The summed E-state index contributed by atoms with van der Waals surface area (Å²) < 4.78 is 13.1. The lowest BCUT2D eigenvalue weighted by molar-refractivity contribution is -0.142. The molecule has 2 aromatic heterocycles. The van der Waals surface area contributed by atoms with Gasteiger partial charge in [0.05, 0.1) is 24.4 Å². The van der Waals surface area contributed by atoms with Crippen LogP contribution in [0.5, 0.6) is 0 Å². The summed E-state index contributed by atoms with van der Waals surface area (Å²) in [5, 5.41) is 10.6. The van der Waals surface area contributed by atoms with E-state index < -0.39 is 29.5 Å². The van der Waals surface area contributed by atoms with E-state index in [9.17, 15) is 24.0 Å². The molecule has 0 atom stereocenters. The molecule has 0 aliphatic heterocycles. The molecule has 0 saturated heterocycles. The number of ether oxygens (including phenoxy) is 2. The van der Waals surface area contributed by atoms with Gasteiger partial charge in [0, 0.05) is 46.0 Å². The maximum atomic E-state index is 12.8. The van der Waals surface area contributed by atoms with Gasteiger partial charge in [0.1, 0.15) is 17.0 Å². The molecule has 2 aromatic rings. The maximum absolute atomic E-state index is 12.8. The predicted molar refractivity (Wildman–Crippen MR) is 140 cm³/mol. The van der Waals surface area contributed by atoms with Crippen molar-refractivity contribution in [1.29, 1.82) is 0 Å². The van der Waals surface area contributed by atoms with Crippen LogP contribution < -0.4 is 21.3 Å². The first-order valence-electron chi connectivity index (χ1n) is 12.1. The van der Waals surface area contributed by atoms with Gasteiger partial charge in [-0.3, -0.25) is 19.2 Å². The molecular weight excluding hydrogens is 496 g/mol. The number of carbonyl (C=O) groups excluding carboxylic acids is 5. The summed E-state index contributed by atoms with van der Waals surface area (Å²) in [5.74, 6) is -1.59. The van der Waals surface area contributed by atoms with Crippen LogP contribution in [0.25, 0.3) is 0 Å². The standard InChI is InChI=1S/C25H36N6O7/c1-7-37-21(33)9-11-26-22(34)18-13-17(15-30(18)5)29-23(35)19-12-16(14-31(19)6)28-20(32)8-10-27-24(36)38-25(2,3)4/h12-15H,7-11H2,1-6H3,(H,26,34)(H,27,36)(H,28,32)(H,29,35). The zero-order chi connectivity index (χ0) is 28.5. The number of aromatic nitrogens is 2. The minimum Gasteiger partial charge on any atom is -0.466 e. The summed E-state index contributed by atoms with van der Waals surface area (Å²) in [6, 6.07) is 3.03. The van der Waals surface area contributed by atoms with Gasteiger partial charge in [-0.15, -0.1) is 0 Å². The average molecular weight is 533 g/mol. The molecule has 0 spiro atoms. The van der Waals surface area contributed by atoms with Crippen LogP contribution in [0, 0.1) is 0 Å². The van der Waals surface area contributed by atoms with Crippen molar-refractivity contribution in [3.63, 3.8) is 0 Å². The Morgan fingerprint density at radius 3 is 1.95 bits per heavy atom. The molecule has 0 unspecified atom stereocenters. The Morgan fingerprint density at radius 1 is 0.816 bits per heavy atom. The third-order valence-electron chi connectivity index (χ3n) is 4.96.